The van der Waals surface area contributed by atoms with Gasteiger partial charge in [-0.15, -0.1) is 11.3 Å². The maximum absolute atomic E-state index is 12.4. The van der Waals surface area contributed by atoms with Gasteiger partial charge < -0.3 is 10.5 Å². The maximum atomic E-state index is 12.4. The summed E-state index contributed by atoms with van der Waals surface area (Å²) in [6.45, 7) is 0. The van der Waals surface area contributed by atoms with Gasteiger partial charge in [0.1, 0.15) is 10.8 Å². The van der Waals surface area contributed by atoms with Crippen LogP contribution in [0.3, 0.4) is 0 Å². The van der Waals surface area contributed by atoms with E-state index in [2.05, 4.69) is 26.6 Å². The number of carbonyl (C=O) groups is 1. The number of anilines is 1. The molecule has 2 aromatic heterocycles. The summed E-state index contributed by atoms with van der Waals surface area (Å²) >= 11 is 21.1. The monoisotopic (exact) mass is 551 g/mol. The molecule has 0 aliphatic carbocycles. The Morgan fingerprint density at radius 2 is 2.00 bits per heavy atom. The van der Waals surface area contributed by atoms with Gasteiger partial charge in [-0.05, 0) is 35.9 Å². The lowest BCUT2D eigenvalue weighted by atomic mass is 10.1. The number of amides is 1. The summed E-state index contributed by atoms with van der Waals surface area (Å²) in [5.74, 6) is 0.725. The lowest BCUT2D eigenvalue weighted by molar-refractivity contribution is 0.0950. The number of nitrogen functional groups attached to an aromatic ring is 1. The molecule has 0 radical (unpaired) electrons. The second-order valence-corrected chi connectivity index (χ2v) is 10.2. The number of nitrogens with one attached hydrogen (secondary N) is 1. The Morgan fingerprint density at radius 1 is 1.21 bits per heavy atom. The molecule has 3 N–H and O–H groups in total. The van der Waals surface area contributed by atoms with Gasteiger partial charge in [-0.1, -0.05) is 58.7 Å². The zero-order valence-corrected chi connectivity index (χ0v) is 21.4. The van der Waals surface area contributed by atoms with Gasteiger partial charge in [0.05, 0.1) is 34.3 Å². The fraction of sp³-hybridized carbons (Fsp3) is 0.0909. The summed E-state index contributed by atoms with van der Waals surface area (Å²) in [7, 11) is 1.62. The Balaban J connectivity index is 1.46. The predicted molar refractivity (Wildman–Crippen MR) is 141 cm³/mol. The number of methoxy groups -OCH3 is 1. The number of rotatable bonds is 7. The molecule has 174 valence electrons. The molecule has 2 aromatic carbocycles. The summed E-state index contributed by atoms with van der Waals surface area (Å²) in [5, 5.41) is 3.76. The SMILES string of the molecule is COc1ccc(C=NNC(=O)c2nc(Cl)c(Cl)c(N)c2Cl)cc1CSc1nc2ccccc2s1. The number of nitrogens with zero attached hydrogens (tertiary/aromatic N) is 3. The van der Waals surface area contributed by atoms with Crippen LogP contribution >= 0.6 is 57.9 Å². The lowest BCUT2D eigenvalue weighted by Gasteiger charge is -2.09. The third-order valence-corrected chi connectivity index (χ3v) is 7.96. The standard InChI is InChI=1S/C22H16Cl3N5O2S2/c1-32-14-7-6-11(8-12(14)10-33-22-28-13-4-2-3-5-15(13)34-22)9-27-30-21(31)19-16(23)18(26)17(24)20(25)29-19/h2-9H,10H2,1H3,(H2,26,29)(H,30,31). The number of nitrogens with two attached hydrogens (primary N) is 1. The molecule has 12 heteroatoms. The van der Waals surface area contributed by atoms with Crippen molar-refractivity contribution in [3.63, 3.8) is 0 Å². The number of pyridine rings is 1. The zero-order valence-electron chi connectivity index (χ0n) is 17.5. The third-order valence-electron chi connectivity index (χ3n) is 4.60. The predicted octanol–water partition coefficient (Wildman–Crippen LogP) is 6.30. The molecule has 4 aromatic rings. The molecular formula is C22H16Cl3N5O2S2. The highest BCUT2D eigenvalue weighted by molar-refractivity contribution is 8.00. The molecular weight excluding hydrogens is 537 g/mol. The highest BCUT2D eigenvalue weighted by Gasteiger charge is 2.19. The largest absolute Gasteiger partial charge is 0.496 e. The molecule has 0 atom stereocenters. The van der Waals surface area contributed by atoms with Crippen molar-refractivity contribution in [3.8, 4) is 5.75 Å². The van der Waals surface area contributed by atoms with E-state index in [0.29, 0.717) is 5.75 Å². The highest BCUT2D eigenvalue weighted by Crippen LogP contribution is 2.35. The molecule has 0 saturated heterocycles. The van der Waals surface area contributed by atoms with Crippen LogP contribution < -0.4 is 15.9 Å². The van der Waals surface area contributed by atoms with E-state index in [1.807, 2.05) is 36.4 Å². The van der Waals surface area contributed by atoms with Crippen molar-refractivity contribution in [3.05, 3.63) is 74.5 Å². The van der Waals surface area contributed by atoms with Crippen LogP contribution in [0.25, 0.3) is 10.2 Å². The molecule has 0 aliphatic heterocycles. The van der Waals surface area contributed by atoms with E-state index in [-0.39, 0.29) is 26.6 Å². The second-order valence-electron chi connectivity index (χ2n) is 6.80. The molecule has 0 spiro atoms. The molecule has 1 amide bonds. The first kappa shape index (κ1) is 24.6. The number of ether oxygens (including phenoxy) is 1. The number of thioether (sulfide) groups is 1. The average molecular weight is 553 g/mol. The van der Waals surface area contributed by atoms with E-state index in [9.17, 15) is 4.79 Å². The van der Waals surface area contributed by atoms with Crippen LogP contribution in [0, 0.1) is 0 Å². The molecule has 7 nitrogen and oxygen atoms in total. The summed E-state index contributed by atoms with van der Waals surface area (Å²) in [6, 6.07) is 13.6. The van der Waals surface area contributed by atoms with Crippen molar-refractivity contribution in [1.82, 2.24) is 15.4 Å². The summed E-state index contributed by atoms with van der Waals surface area (Å²) in [6.07, 6.45) is 1.50. The molecule has 2 heterocycles. The van der Waals surface area contributed by atoms with Crippen LogP contribution in [0.5, 0.6) is 5.75 Å². The fourth-order valence-corrected chi connectivity index (χ4v) is 5.58. The zero-order chi connectivity index (χ0) is 24.2. The number of hydrogen-bond acceptors (Lipinski definition) is 8. The van der Waals surface area contributed by atoms with Crippen molar-refractivity contribution < 1.29 is 9.53 Å². The van der Waals surface area contributed by atoms with E-state index in [4.69, 9.17) is 45.3 Å². The Labute approximate surface area is 218 Å². The van der Waals surface area contributed by atoms with Crippen LogP contribution in [-0.2, 0) is 5.75 Å². The minimum absolute atomic E-state index is 0.0128. The van der Waals surface area contributed by atoms with E-state index in [1.165, 1.54) is 6.21 Å². The van der Waals surface area contributed by atoms with Gasteiger partial charge in [0.25, 0.3) is 5.91 Å². The van der Waals surface area contributed by atoms with Crippen molar-refractivity contribution >= 4 is 85.9 Å². The Morgan fingerprint density at radius 3 is 2.76 bits per heavy atom. The molecule has 4 rings (SSSR count). The first-order valence-electron chi connectivity index (χ1n) is 9.66. The number of aromatic nitrogens is 2. The van der Waals surface area contributed by atoms with Crippen molar-refractivity contribution in [2.75, 3.05) is 12.8 Å². The van der Waals surface area contributed by atoms with Crippen LogP contribution in [-0.4, -0.2) is 29.2 Å². The average Bonchev–Trinajstić information content (AvgIpc) is 3.26. The number of carbonyl (C=O) groups excluding carboxylic acids is 1. The Hall–Kier alpha value is -2.56. The van der Waals surface area contributed by atoms with E-state index in [1.54, 1.807) is 30.2 Å². The van der Waals surface area contributed by atoms with E-state index < -0.39 is 5.91 Å². The third kappa shape index (κ3) is 5.39. The van der Waals surface area contributed by atoms with E-state index >= 15 is 0 Å². The number of fused-ring (bicyclic) bond motifs is 1. The number of hydrazone groups is 1. The fourth-order valence-electron chi connectivity index (χ4n) is 2.94. The Kier molecular flexibility index (Phi) is 7.80. The minimum atomic E-state index is -0.674. The van der Waals surface area contributed by atoms with Crippen molar-refractivity contribution in [2.45, 2.75) is 10.1 Å². The minimum Gasteiger partial charge on any atom is -0.496 e. The second kappa shape index (κ2) is 10.8. The topological polar surface area (TPSA) is 102 Å². The molecule has 0 aliphatic rings. The van der Waals surface area contributed by atoms with Gasteiger partial charge in [0.15, 0.2) is 15.2 Å². The van der Waals surface area contributed by atoms with Gasteiger partial charge in [0, 0.05) is 11.3 Å². The van der Waals surface area contributed by atoms with Crippen LogP contribution in [0.4, 0.5) is 5.69 Å². The van der Waals surface area contributed by atoms with Gasteiger partial charge in [-0.25, -0.2) is 15.4 Å². The van der Waals surface area contributed by atoms with Gasteiger partial charge in [-0.2, -0.15) is 5.10 Å². The molecule has 0 fully saturated rings. The van der Waals surface area contributed by atoms with Gasteiger partial charge in [-0.3, -0.25) is 4.79 Å². The highest BCUT2D eigenvalue weighted by atomic mass is 35.5. The molecule has 0 saturated carbocycles. The number of benzene rings is 2. The first-order valence-corrected chi connectivity index (χ1v) is 12.6. The maximum Gasteiger partial charge on any atom is 0.291 e. The summed E-state index contributed by atoms with van der Waals surface area (Å²) in [5.41, 5.74) is 10.6. The van der Waals surface area contributed by atoms with E-state index in [0.717, 1.165) is 31.4 Å². The Bertz CT molecular complexity index is 1380. The normalized spacial score (nSPS) is 11.3. The summed E-state index contributed by atoms with van der Waals surface area (Å²) < 4.78 is 7.61. The number of halogens is 3. The van der Waals surface area contributed by atoms with Crippen LogP contribution in [0.1, 0.15) is 21.6 Å². The quantitative estimate of drug-likeness (QED) is 0.121. The molecule has 0 bridgehead atoms. The summed E-state index contributed by atoms with van der Waals surface area (Å²) in [4.78, 5) is 20.9. The first-order chi connectivity index (χ1) is 16.4. The molecule has 0 unspecified atom stereocenters. The van der Waals surface area contributed by atoms with Gasteiger partial charge in [0.2, 0.25) is 0 Å². The lowest BCUT2D eigenvalue weighted by Crippen LogP contribution is -2.20. The number of hydrogen-bond donors (Lipinski definition) is 2. The van der Waals surface area contributed by atoms with Crippen LogP contribution in [0.15, 0.2) is 51.9 Å². The molecule has 34 heavy (non-hydrogen) atoms. The van der Waals surface area contributed by atoms with Crippen LogP contribution in [0.2, 0.25) is 15.2 Å². The number of para-hydroxylation sites is 1. The number of thiazole rings is 1. The van der Waals surface area contributed by atoms with Gasteiger partial charge >= 0.3 is 0 Å². The van der Waals surface area contributed by atoms with Crippen molar-refractivity contribution in [2.24, 2.45) is 5.10 Å². The smallest absolute Gasteiger partial charge is 0.291 e. The van der Waals surface area contributed by atoms with Crippen molar-refractivity contribution in [1.29, 1.82) is 0 Å².